The van der Waals surface area contributed by atoms with E-state index in [2.05, 4.69) is 10.2 Å². The van der Waals surface area contributed by atoms with E-state index in [-0.39, 0.29) is 12.1 Å². The number of nitrogens with one attached hydrogen (secondary N) is 3. The highest BCUT2D eigenvalue weighted by atomic mass is 19.4. The number of hydrazine groups is 1. The average Bonchev–Trinajstić information content (AvgIpc) is 2.65. The summed E-state index contributed by atoms with van der Waals surface area (Å²) in [6, 6.07) is 16.0. The molecule has 0 saturated carbocycles. The highest BCUT2D eigenvalue weighted by Gasteiger charge is 2.63. The molecule has 27 heavy (non-hydrogen) atoms. The molecule has 0 bridgehead atoms. The van der Waals surface area contributed by atoms with E-state index in [0.29, 0.717) is 5.56 Å². The van der Waals surface area contributed by atoms with Crippen LogP contribution in [-0.2, 0) is 20.7 Å². The lowest BCUT2D eigenvalue weighted by Gasteiger charge is -2.34. The standard InChI is InChI=1S/C18H18F3N3O3/c1-27-16(26)17(18(19,20)21,24-23-14-10-6-3-7-11-14)22-15(25)12-13-8-4-2-5-9-13/h2-11,23-24H,12H2,1H3,(H,22,25). The molecule has 2 aromatic carbocycles. The van der Waals surface area contributed by atoms with E-state index in [0.717, 1.165) is 7.11 Å². The van der Waals surface area contributed by atoms with Crippen molar-refractivity contribution in [2.45, 2.75) is 18.3 Å². The number of carbonyl (C=O) groups excluding carboxylic acids is 2. The minimum absolute atomic E-state index is 0.257. The Kier molecular flexibility index (Phi) is 6.40. The second kappa shape index (κ2) is 8.54. The number of amides is 1. The Hall–Kier alpha value is -3.07. The number of esters is 1. The van der Waals surface area contributed by atoms with Gasteiger partial charge in [0.05, 0.1) is 13.5 Å². The van der Waals surface area contributed by atoms with Crippen LogP contribution < -0.4 is 16.2 Å². The maximum Gasteiger partial charge on any atom is 0.438 e. The lowest BCUT2D eigenvalue weighted by Crippen LogP contribution is -2.73. The Bertz CT molecular complexity index is 770. The fourth-order valence-electron chi connectivity index (χ4n) is 2.27. The second-order valence-corrected chi connectivity index (χ2v) is 5.57. The van der Waals surface area contributed by atoms with Crippen molar-refractivity contribution in [1.29, 1.82) is 0 Å². The van der Waals surface area contributed by atoms with Gasteiger partial charge in [0.25, 0.3) is 0 Å². The molecule has 1 atom stereocenters. The van der Waals surface area contributed by atoms with Gasteiger partial charge in [0, 0.05) is 5.69 Å². The van der Waals surface area contributed by atoms with Crippen molar-refractivity contribution in [3.05, 3.63) is 66.2 Å². The van der Waals surface area contributed by atoms with E-state index < -0.39 is 23.7 Å². The van der Waals surface area contributed by atoms with Gasteiger partial charge in [-0.3, -0.25) is 4.79 Å². The lowest BCUT2D eigenvalue weighted by atomic mass is 10.1. The molecule has 9 heteroatoms. The van der Waals surface area contributed by atoms with Crippen LogP contribution in [0.2, 0.25) is 0 Å². The third-order valence-electron chi connectivity index (χ3n) is 3.62. The van der Waals surface area contributed by atoms with Crippen LogP contribution >= 0.6 is 0 Å². The summed E-state index contributed by atoms with van der Waals surface area (Å²) in [7, 11) is 0.802. The van der Waals surface area contributed by atoms with Crippen LogP contribution in [0.3, 0.4) is 0 Å². The van der Waals surface area contributed by atoms with Crippen molar-refractivity contribution in [3.63, 3.8) is 0 Å². The van der Waals surface area contributed by atoms with Crippen molar-refractivity contribution in [2.75, 3.05) is 12.5 Å². The van der Waals surface area contributed by atoms with Crippen molar-refractivity contribution in [3.8, 4) is 0 Å². The Labute approximate surface area is 153 Å². The number of hydrogen-bond acceptors (Lipinski definition) is 5. The summed E-state index contributed by atoms with van der Waals surface area (Å²) in [5.41, 5.74) is 1.45. The van der Waals surface area contributed by atoms with Gasteiger partial charge >= 0.3 is 17.8 Å². The largest absolute Gasteiger partial charge is 0.466 e. The summed E-state index contributed by atoms with van der Waals surface area (Å²) >= 11 is 0. The SMILES string of the molecule is COC(=O)C(NNc1ccccc1)(NC(=O)Cc1ccccc1)C(F)(F)F. The number of alkyl halides is 3. The van der Waals surface area contributed by atoms with Gasteiger partial charge in [-0.05, 0) is 17.7 Å². The Balaban J connectivity index is 2.26. The third kappa shape index (κ3) is 4.98. The molecule has 1 amide bonds. The Morgan fingerprint density at radius 1 is 0.963 bits per heavy atom. The summed E-state index contributed by atoms with van der Waals surface area (Å²) in [5, 5.41) is 1.73. The second-order valence-electron chi connectivity index (χ2n) is 5.57. The van der Waals surface area contributed by atoms with Crippen LogP contribution in [0.25, 0.3) is 0 Å². The molecule has 0 spiro atoms. The molecular weight excluding hydrogens is 363 g/mol. The highest BCUT2D eigenvalue weighted by Crippen LogP contribution is 2.30. The normalized spacial score (nSPS) is 13.3. The minimum atomic E-state index is -5.19. The van der Waals surface area contributed by atoms with Crippen LogP contribution in [-0.4, -0.2) is 30.8 Å². The van der Waals surface area contributed by atoms with Gasteiger partial charge in [0.2, 0.25) is 5.91 Å². The molecule has 0 aliphatic heterocycles. The smallest absolute Gasteiger partial charge is 0.438 e. The van der Waals surface area contributed by atoms with E-state index in [1.54, 1.807) is 53.8 Å². The first-order valence-corrected chi connectivity index (χ1v) is 7.87. The summed E-state index contributed by atoms with van der Waals surface area (Å²) in [5.74, 6) is -2.72. The monoisotopic (exact) mass is 381 g/mol. The van der Waals surface area contributed by atoms with E-state index in [9.17, 15) is 22.8 Å². The topological polar surface area (TPSA) is 79.5 Å². The van der Waals surface area contributed by atoms with Crippen LogP contribution in [0.5, 0.6) is 0 Å². The molecule has 0 aliphatic rings. The molecule has 2 rings (SSSR count). The zero-order valence-corrected chi connectivity index (χ0v) is 14.3. The Morgan fingerprint density at radius 2 is 1.52 bits per heavy atom. The number of hydrogen-bond donors (Lipinski definition) is 3. The average molecular weight is 381 g/mol. The number of ether oxygens (including phenoxy) is 1. The number of methoxy groups -OCH3 is 1. The third-order valence-corrected chi connectivity index (χ3v) is 3.62. The molecule has 0 fully saturated rings. The summed E-state index contributed by atoms with van der Waals surface area (Å²) in [6.07, 6.45) is -5.53. The van der Waals surface area contributed by atoms with E-state index in [1.165, 1.54) is 12.1 Å². The van der Waals surface area contributed by atoms with Gasteiger partial charge in [-0.15, -0.1) is 0 Å². The first-order chi connectivity index (χ1) is 12.8. The van der Waals surface area contributed by atoms with E-state index >= 15 is 0 Å². The van der Waals surface area contributed by atoms with Crippen molar-refractivity contribution in [1.82, 2.24) is 10.7 Å². The van der Waals surface area contributed by atoms with Crippen molar-refractivity contribution >= 4 is 17.6 Å². The molecule has 0 heterocycles. The fourth-order valence-corrected chi connectivity index (χ4v) is 2.27. The number of halogens is 3. The number of rotatable bonds is 7. The number of carbonyl (C=O) groups is 2. The van der Waals surface area contributed by atoms with Crippen molar-refractivity contribution in [2.24, 2.45) is 0 Å². The summed E-state index contributed by atoms with van der Waals surface area (Å²) in [4.78, 5) is 24.3. The molecule has 2 aromatic rings. The molecule has 6 nitrogen and oxygen atoms in total. The van der Waals surface area contributed by atoms with Gasteiger partial charge in [-0.1, -0.05) is 48.5 Å². The molecule has 3 N–H and O–H groups in total. The van der Waals surface area contributed by atoms with Gasteiger partial charge < -0.3 is 15.5 Å². The van der Waals surface area contributed by atoms with Crippen LogP contribution in [0.1, 0.15) is 5.56 Å². The summed E-state index contributed by atoms with van der Waals surface area (Å²) in [6.45, 7) is 0. The summed E-state index contributed by atoms with van der Waals surface area (Å²) < 4.78 is 45.7. The zero-order chi connectivity index (χ0) is 19.9. The first-order valence-electron chi connectivity index (χ1n) is 7.87. The molecule has 0 aromatic heterocycles. The van der Waals surface area contributed by atoms with Gasteiger partial charge in [-0.25, -0.2) is 4.79 Å². The molecule has 0 radical (unpaired) electrons. The maximum atomic E-state index is 13.8. The van der Waals surface area contributed by atoms with E-state index in [1.807, 2.05) is 5.43 Å². The number of para-hydroxylation sites is 1. The zero-order valence-electron chi connectivity index (χ0n) is 14.3. The number of benzene rings is 2. The highest BCUT2D eigenvalue weighted by molar-refractivity contribution is 5.89. The van der Waals surface area contributed by atoms with Crippen molar-refractivity contribution < 1.29 is 27.5 Å². The molecule has 144 valence electrons. The lowest BCUT2D eigenvalue weighted by molar-refractivity contribution is -0.219. The Morgan fingerprint density at radius 3 is 2.04 bits per heavy atom. The van der Waals surface area contributed by atoms with Crippen LogP contribution in [0.15, 0.2) is 60.7 Å². The quantitative estimate of drug-likeness (QED) is 0.390. The fraction of sp³-hybridized carbons (Fsp3) is 0.222. The predicted octanol–water partition coefficient (Wildman–Crippen LogP) is 2.39. The number of anilines is 1. The maximum absolute atomic E-state index is 13.8. The first kappa shape index (κ1) is 20.2. The molecule has 1 unspecified atom stereocenters. The molecule has 0 saturated heterocycles. The minimum Gasteiger partial charge on any atom is -0.466 e. The van der Waals surface area contributed by atoms with E-state index in [4.69, 9.17) is 0 Å². The van der Waals surface area contributed by atoms with Gasteiger partial charge in [-0.2, -0.15) is 18.6 Å². The molecular formula is C18H18F3N3O3. The van der Waals surface area contributed by atoms with Crippen LogP contribution in [0.4, 0.5) is 18.9 Å². The predicted molar refractivity (Wildman–Crippen MR) is 92.3 cm³/mol. The van der Waals surface area contributed by atoms with Gasteiger partial charge in [0.1, 0.15) is 0 Å². The van der Waals surface area contributed by atoms with Crippen LogP contribution in [0, 0.1) is 0 Å². The molecule has 0 aliphatic carbocycles. The van der Waals surface area contributed by atoms with Gasteiger partial charge in [0.15, 0.2) is 0 Å².